The molecule has 0 saturated heterocycles. The Kier molecular flexibility index (Phi) is 6.35. The number of nitrogens with one attached hydrogen (secondary N) is 1. The maximum absolute atomic E-state index is 12.2. The quantitative estimate of drug-likeness (QED) is 0.509. The number of ketones is 1. The van der Waals surface area contributed by atoms with E-state index < -0.39 is 10.0 Å². The maximum Gasteiger partial charge on any atom is 0.565 e. The lowest BCUT2D eigenvalue weighted by Gasteiger charge is -2.08. The molecule has 23 heavy (non-hydrogen) atoms. The fraction of sp³-hybridized carbons (Fsp3) is 0.333. The Bertz CT molecular complexity index is 672. The highest BCUT2D eigenvalue weighted by Crippen LogP contribution is 2.16. The SMILES string of the molecule is CC(C)N1[C+]N(CC(=O)c2ccc(NS(C)(=O)=O)cc2)C=C1.[Cl-]. The van der Waals surface area contributed by atoms with E-state index in [4.69, 9.17) is 0 Å². The van der Waals surface area contributed by atoms with Gasteiger partial charge in [-0.15, -0.1) is 9.80 Å². The number of anilines is 1. The second-order valence-electron chi connectivity index (χ2n) is 5.40. The Morgan fingerprint density at radius 3 is 2.30 bits per heavy atom. The van der Waals surface area contributed by atoms with Crippen LogP contribution < -0.4 is 17.1 Å². The lowest BCUT2D eigenvalue weighted by molar-refractivity contribution is -0.0000150. The van der Waals surface area contributed by atoms with E-state index in [2.05, 4.69) is 11.4 Å². The predicted molar refractivity (Wildman–Crippen MR) is 85.3 cm³/mol. The van der Waals surface area contributed by atoms with Crippen molar-refractivity contribution in [2.75, 3.05) is 17.5 Å². The van der Waals surface area contributed by atoms with Crippen molar-refractivity contribution in [1.29, 1.82) is 0 Å². The Morgan fingerprint density at radius 1 is 1.22 bits per heavy atom. The van der Waals surface area contributed by atoms with Crippen LogP contribution in [0.25, 0.3) is 0 Å². The van der Waals surface area contributed by atoms with Crippen LogP contribution in [0.3, 0.4) is 0 Å². The summed E-state index contributed by atoms with van der Waals surface area (Å²) in [5, 5.41) is 0. The molecule has 8 heteroatoms. The molecule has 0 aromatic heterocycles. The van der Waals surface area contributed by atoms with Gasteiger partial charge in [-0.25, -0.2) is 8.42 Å². The number of halogens is 1. The van der Waals surface area contributed by atoms with Crippen molar-refractivity contribution in [3.63, 3.8) is 0 Å². The average molecular weight is 357 g/mol. The monoisotopic (exact) mass is 356 g/mol. The van der Waals surface area contributed by atoms with Crippen LogP contribution in [0.2, 0.25) is 0 Å². The first-order valence-electron chi connectivity index (χ1n) is 6.85. The number of hydrogen-bond acceptors (Lipinski definition) is 5. The number of sulfonamides is 1. The number of rotatable bonds is 6. The van der Waals surface area contributed by atoms with E-state index >= 15 is 0 Å². The molecule has 1 heterocycles. The number of hydrogen-bond donors (Lipinski definition) is 1. The predicted octanol–water partition coefficient (Wildman–Crippen LogP) is -1.26. The zero-order chi connectivity index (χ0) is 16.3. The summed E-state index contributed by atoms with van der Waals surface area (Å²) in [6.07, 6.45) is 4.76. The Labute approximate surface area is 143 Å². The highest BCUT2D eigenvalue weighted by atomic mass is 35.5. The topological polar surface area (TPSA) is 69.7 Å². The second kappa shape index (κ2) is 7.61. The van der Waals surface area contributed by atoms with Crippen LogP contribution in [-0.2, 0) is 10.0 Å². The maximum atomic E-state index is 12.2. The highest BCUT2D eigenvalue weighted by Gasteiger charge is 2.34. The van der Waals surface area contributed by atoms with Crippen LogP contribution in [0.5, 0.6) is 0 Å². The third-order valence-corrected chi connectivity index (χ3v) is 3.64. The average Bonchev–Trinajstić information content (AvgIpc) is 2.86. The van der Waals surface area contributed by atoms with E-state index in [1.165, 1.54) is 0 Å². The van der Waals surface area contributed by atoms with Gasteiger partial charge in [-0.3, -0.25) is 9.52 Å². The van der Waals surface area contributed by atoms with Crippen LogP contribution in [0, 0.1) is 6.67 Å². The van der Waals surface area contributed by atoms with Crippen molar-refractivity contribution < 1.29 is 25.6 Å². The molecule has 1 aliphatic heterocycles. The molecule has 1 radical (unpaired) electrons. The molecular formula is C15H19ClN3O3S. The molecule has 0 bridgehead atoms. The molecule has 0 atom stereocenters. The minimum absolute atomic E-state index is 0. The van der Waals surface area contributed by atoms with E-state index in [-0.39, 0.29) is 30.8 Å². The third-order valence-electron chi connectivity index (χ3n) is 3.03. The molecule has 2 rings (SSSR count). The lowest BCUT2D eigenvalue weighted by atomic mass is 10.1. The fourth-order valence-corrected chi connectivity index (χ4v) is 2.49. The molecule has 0 aliphatic carbocycles. The zero-order valence-corrected chi connectivity index (χ0v) is 14.7. The molecule has 1 aromatic carbocycles. The third kappa shape index (κ3) is 5.69. The number of nitrogens with zero attached hydrogens (tertiary/aromatic N) is 2. The van der Waals surface area contributed by atoms with Gasteiger partial charge < -0.3 is 12.4 Å². The van der Waals surface area contributed by atoms with Crippen molar-refractivity contribution in [2.45, 2.75) is 19.9 Å². The van der Waals surface area contributed by atoms with Gasteiger partial charge in [0.15, 0.2) is 5.78 Å². The van der Waals surface area contributed by atoms with Crippen molar-refractivity contribution in [1.82, 2.24) is 9.80 Å². The lowest BCUT2D eigenvalue weighted by Crippen LogP contribution is -3.00. The smallest absolute Gasteiger partial charge is 0.565 e. The molecule has 0 saturated carbocycles. The van der Waals surface area contributed by atoms with Crippen LogP contribution in [0.1, 0.15) is 24.2 Å². The van der Waals surface area contributed by atoms with E-state index in [1.807, 2.05) is 24.9 Å². The summed E-state index contributed by atoms with van der Waals surface area (Å²) in [4.78, 5) is 15.8. The summed E-state index contributed by atoms with van der Waals surface area (Å²) in [5.41, 5.74) is 0.960. The largest absolute Gasteiger partial charge is 1.00 e. The molecule has 0 unspecified atom stereocenters. The number of Topliss-reactive ketones (excluding diaryl/α,β-unsaturated/α-hetero) is 1. The molecule has 6 nitrogen and oxygen atoms in total. The minimum Gasteiger partial charge on any atom is -1.00 e. The zero-order valence-electron chi connectivity index (χ0n) is 13.2. The van der Waals surface area contributed by atoms with Crippen LogP contribution in [0.15, 0.2) is 36.7 Å². The van der Waals surface area contributed by atoms with Gasteiger partial charge >= 0.3 is 6.67 Å². The van der Waals surface area contributed by atoms with E-state index in [1.54, 1.807) is 35.4 Å². The molecule has 0 fully saturated rings. The van der Waals surface area contributed by atoms with Gasteiger partial charge in [-0.05, 0) is 38.1 Å². The Balaban J connectivity index is 0.00000264. The summed E-state index contributed by atoms with van der Waals surface area (Å²) < 4.78 is 24.6. The summed E-state index contributed by atoms with van der Waals surface area (Å²) >= 11 is 0. The van der Waals surface area contributed by atoms with E-state index in [0.717, 1.165) is 6.26 Å². The summed E-state index contributed by atoms with van der Waals surface area (Å²) in [5.74, 6) is -0.0614. The molecule has 1 N–H and O–H groups in total. The molecule has 0 amide bonds. The van der Waals surface area contributed by atoms with Crippen molar-refractivity contribution in [3.05, 3.63) is 48.9 Å². The fourth-order valence-electron chi connectivity index (χ4n) is 1.93. The number of carbonyl (C=O) groups is 1. The normalized spacial score (nSPS) is 13.7. The number of benzene rings is 1. The van der Waals surface area contributed by atoms with Crippen LogP contribution in [-0.4, -0.2) is 42.8 Å². The van der Waals surface area contributed by atoms with Crippen LogP contribution in [0.4, 0.5) is 5.69 Å². The van der Waals surface area contributed by atoms with E-state index in [0.29, 0.717) is 11.3 Å². The Morgan fingerprint density at radius 2 is 1.83 bits per heavy atom. The van der Waals surface area contributed by atoms with Gasteiger partial charge in [0.1, 0.15) is 6.54 Å². The van der Waals surface area contributed by atoms with Gasteiger partial charge in [0.05, 0.1) is 24.7 Å². The molecule has 1 aromatic rings. The first kappa shape index (κ1) is 19.2. The first-order chi connectivity index (χ1) is 10.2. The molecule has 0 spiro atoms. The van der Waals surface area contributed by atoms with Gasteiger partial charge in [0, 0.05) is 11.3 Å². The van der Waals surface area contributed by atoms with Crippen molar-refractivity contribution >= 4 is 21.5 Å². The standard InChI is InChI=1S/C15H19N3O3S.ClH/c1-12(2)18-9-8-17(11-18)10-15(19)13-4-6-14(7-5-13)16-22(3,20)21;/h4-9,12,16H,10H2,1-3H3;1H/q+1;/p-1. The minimum atomic E-state index is -3.31. The van der Waals surface area contributed by atoms with E-state index in [9.17, 15) is 13.2 Å². The summed E-state index contributed by atoms with van der Waals surface area (Å²) in [7, 11) is -3.31. The van der Waals surface area contributed by atoms with Crippen LogP contribution >= 0.6 is 0 Å². The number of carbonyl (C=O) groups excluding carboxylic acids is 1. The second-order valence-corrected chi connectivity index (χ2v) is 7.15. The summed E-state index contributed by atoms with van der Waals surface area (Å²) in [6.45, 7) is 7.35. The molecule has 125 valence electrons. The highest BCUT2D eigenvalue weighted by molar-refractivity contribution is 7.92. The van der Waals surface area contributed by atoms with Crippen molar-refractivity contribution in [3.8, 4) is 0 Å². The Hall–Kier alpha value is -1.86. The first-order valence-corrected chi connectivity index (χ1v) is 8.74. The van der Waals surface area contributed by atoms with Gasteiger partial charge in [-0.1, -0.05) is 0 Å². The van der Waals surface area contributed by atoms with Crippen molar-refractivity contribution in [2.24, 2.45) is 0 Å². The van der Waals surface area contributed by atoms with Gasteiger partial charge in [0.25, 0.3) is 0 Å². The molecule has 1 aliphatic rings. The van der Waals surface area contributed by atoms with Gasteiger partial charge in [-0.2, -0.15) is 0 Å². The summed E-state index contributed by atoms with van der Waals surface area (Å²) in [6, 6.07) is 6.65. The van der Waals surface area contributed by atoms with Gasteiger partial charge in [0.2, 0.25) is 10.0 Å². The molecular weight excluding hydrogens is 338 g/mol.